The van der Waals surface area contributed by atoms with Gasteiger partial charge in [0.25, 0.3) is 5.91 Å². The third kappa shape index (κ3) is 3.90. The quantitative estimate of drug-likeness (QED) is 0.681. The molecule has 0 saturated heterocycles. The summed E-state index contributed by atoms with van der Waals surface area (Å²) in [6, 6.07) is 24.2. The van der Waals surface area contributed by atoms with Crippen molar-refractivity contribution in [3.8, 4) is 0 Å². The van der Waals surface area contributed by atoms with E-state index in [2.05, 4.69) is 10.6 Å². The van der Waals surface area contributed by atoms with E-state index in [1.165, 1.54) is 0 Å². The fourth-order valence-electron chi connectivity index (χ4n) is 2.20. The fourth-order valence-corrected chi connectivity index (χ4v) is 2.32. The molecule has 114 valence electrons. The van der Waals surface area contributed by atoms with Crippen molar-refractivity contribution in [3.05, 3.63) is 89.4 Å². The molecule has 0 aliphatic heterocycles. The normalized spacial score (nSPS) is 10.1. The number of hydrogen-bond acceptors (Lipinski definition) is 2. The van der Waals surface area contributed by atoms with Gasteiger partial charge in [-0.25, -0.2) is 0 Å². The van der Waals surface area contributed by atoms with Crippen LogP contribution in [-0.4, -0.2) is 5.91 Å². The van der Waals surface area contributed by atoms with Crippen molar-refractivity contribution in [1.82, 2.24) is 0 Å². The molecule has 0 aliphatic rings. The molecule has 1 amide bonds. The van der Waals surface area contributed by atoms with Gasteiger partial charge in [-0.1, -0.05) is 41.9 Å². The van der Waals surface area contributed by atoms with Crippen molar-refractivity contribution in [2.24, 2.45) is 0 Å². The van der Waals surface area contributed by atoms with Crippen LogP contribution in [0.5, 0.6) is 0 Å². The van der Waals surface area contributed by atoms with E-state index in [9.17, 15) is 4.79 Å². The Kier molecular flexibility index (Phi) is 4.60. The van der Waals surface area contributed by atoms with E-state index in [-0.39, 0.29) is 5.91 Å². The summed E-state index contributed by atoms with van der Waals surface area (Å²) in [5.41, 5.74) is 2.96. The molecule has 0 saturated carbocycles. The predicted octanol–water partition coefficient (Wildman–Crippen LogP) is 5.34. The topological polar surface area (TPSA) is 41.1 Å². The van der Waals surface area contributed by atoms with Crippen molar-refractivity contribution >= 4 is 34.6 Å². The summed E-state index contributed by atoms with van der Waals surface area (Å²) in [6.45, 7) is 0. The van der Waals surface area contributed by atoms with Crippen molar-refractivity contribution in [1.29, 1.82) is 0 Å². The number of carbonyl (C=O) groups excluding carboxylic acids is 1. The highest BCUT2D eigenvalue weighted by Gasteiger charge is 2.11. The molecular formula is C19H15ClN2O. The van der Waals surface area contributed by atoms with E-state index in [1.54, 1.807) is 30.3 Å². The molecular weight excluding hydrogens is 308 g/mol. The first-order valence-corrected chi connectivity index (χ1v) is 7.58. The summed E-state index contributed by atoms with van der Waals surface area (Å²) in [5, 5.41) is 6.77. The molecule has 2 N–H and O–H groups in total. The molecule has 0 atom stereocenters. The van der Waals surface area contributed by atoms with Crippen LogP contribution in [0.15, 0.2) is 78.9 Å². The van der Waals surface area contributed by atoms with Crippen molar-refractivity contribution in [2.75, 3.05) is 10.6 Å². The van der Waals surface area contributed by atoms with Crippen LogP contribution in [0.2, 0.25) is 5.02 Å². The zero-order valence-corrected chi connectivity index (χ0v) is 13.0. The molecule has 3 aromatic carbocycles. The summed E-state index contributed by atoms with van der Waals surface area (Å²) < 4.78 is 0. The van der Waals surface area contributed by atoms with Gasteiger partial charge in [0, 0.05) is 16.4 Å². The van der Waals surface area contributed by atoms with Gasteiger partial charge in [0.1, 0.15) is 0 Å². The molecule has 0 fully saturated rings. The number of halogens is 1. The number of amides is 1. The molecule has 23 heavy (non-hydrogen) atoms. The van der Waals surface area contributed by atoms with Crippen molar-refractivity contribution in [3.63, 3.8) is 0 Å². The first-order chi connectivity index (χ1) is 11.2. The van der Waals surface area contributed by atoms with Gasteiger partial charge in [0.2, 0.25) is 0 Å². The Morgan fingerprint density at radius 3 is 2.13 bits per heavy atom. The molecule has 0 unspecified atom stereocenters. The number of rotatable bonds is 4. The van der Waals surface area contributed by atoms with Crippen molar-refractivity contribution in [2.45, 2.75) is 0 Å². The molecule has 3 nitrogen and oxygen atoms in total. The molecule has 0 spiro atoms. The maximum absolute atomic E-state index is 12.5. The predicted molar refractivity (Wildman–Crippen MR) is 95.6 cm³/mol. The van der Waals surface area contributed by atoms with Crippen LogP contribution in [-0.2, 0) is 0 Å². The Bertz CT molecular complexity index is 801. The summed E-state index contributed by atoms with van der Waals surface area (Å²) in [4.78, 5) is 12.5. The van der Waals surface area contributed by atoms with Crippen LogP contribution < -0.4 is 10.6 Å². The Labute approximate surface area is 139 Å². The lowest BCUT2D eigenvalue weighted by Gasteiger charge is -2.12. The molecule has 0 radical (unpaired) electrons. The lowest BCUT2D eigenvalue weighted by Crippen LogP contribution is -2.13. The van der Waals surface area contributed by atoms with E-state index < -0.39 is 0 Å². The SMILES string of the molecule is O=C(Nc1ccc(Cl)cc1)c1ccccc1Nc1ccccc1. The molecule has 0 aliphatic carbocycles. The molecule has 4 heteroatoms. The highest BCUT2D eigenvalue weighted by molar-refractivity contribution is 6.30. The lowest BCUT2D eigenvalue weighted by atomic mass is 10.1. The van der Waals surface area contributed by atoms with Crippen LogP contribution in [0.1, 0.15) is 10.4 Å². The Morgan fingerprint density at radius 2 is 1.39 bits per heavy atom. The first kappa shape index (κ1) is 15.1. The van der Waals surface area contributed by atoms with Crippen LogP contribution in [0, 0.1) is 0 Å². The minimum absolute atomic E-state index is 0.175. The van der Waals surface area contributed by atoms with E-state index in [0.717, 1.165) is 11.4 Å². The van der Waals surface area contributed by atoms with Crippen LogP contribution in [0.25, 0.3) is 0 Å². The zero-order chi connectivity index (χ0) is 16.1. The Morgan fingerprint density at radius 1 is 0.739 bits per heavy atom. The van der Waals surface area contributed by atoms with E-state index >= 15 is 0 Å². The average Bonchev–Trinajstić information content (AvgIpc) is 2.58. The van der Waals surface area contributed by atoms with Gasteiger partial charge in [-0.2, -0.15) is 0 Å². The first-order valence-electron chi connectivity index (χ1n) is 7.20. The van der Waals surface area contributed by atoms with Crippen LogP contribution >= 0.6 is 11.6 Å². The van der Waals surface area contributed by atoms with Gasteiger partial charge >= 0.3 is 0 Å². The number of para-hydroxylation sites is 2. The summed E-state index contributed by atoms with van der Waals surface area (Å²) in [7, 11) is 0. The summed E-state index contributed by atoms with van der Waals surface area (Å²) in [6.07, 6.45) is 0. The summed E-state index contributed by atoms with van der Waals surface area (Å²) in [5.74, 6) is -0.175. The number of carbonyl (C=O) groups is 1. The highest BCUT2D eigenvalue weighted by Crippen LogP contribution is 2.22. The van der Waals surface area contributed by atoms with Crippen LogP contribution in [0.4, 0.5) is 17.1 Å². The van der Waals surface area contributed by atoms with Gasteiger partial charge < -0.3 is 10.6 Å². The minimum Gasteiger partial charge on any atom is -0.355 e. The number of benzene rings is 3. The third-order valence-electron chi connectivity index (χ3n) is 3.33. The number of nitrogens with one attached hydrogen (secondary N) is 2. The second-order valence-electron chi connectivity index (χ2n) is 5.00. The van der Waals surface area contributed by atoms with Gasteiger partial charge in [0.15, 0.2) is 0 Å². The lowest BCUT2D eigenvalue weighted by molar-refractivity contribution is 0.102. The van der Waals surface area contributed by atoms with Gasteiger partial charge in [-0.15, -0.1) is 0 Å². The minimum atomic E-state index is -0.175. The van der Waals surface area contributed by atoms with E-state index in [1.807, 2.05) is 48.5 Å². The van der Waals surface area contributed by atoms with Gasteiger partial charge in [-0.3, -0.25) is 4.79 Å². The monoisotopic (exact) mass is 322 g/mol. The average molecular weight is 323 g/mol. The standard InChI is InChI=1S/C19H15ClN2O/c20-14-10-12-16(13-11-14)22-19(23)17-8-4-5-9-18(17)21-15-6-2-1-3-7-15/h1-13,21H,(H,22,23). The van der Waals surface area contributed by atoms with E-state index in [4.69, 9.17) is 11.6 Å². The zero-order valence-electron chi connectivity index (χ0n) is 12.3. The third-order valence-corrected chi connectivity index (χ3v) is 3.58. The van der Waals surface area contributed by atoms with Crippen LogP contribution in [0.3, 0.4) is 0 Å². The smallest absolute Gasteiger partial charge is 0.257 e. The maximum atomic E-state index is 12.5. The molecule has 3 rings (SSSR count). The molecule has 3 aromatic rings. The second kappa shape index (κ2) is 6.99. The van der Waals surface area contributed by atoms with Gasteiger partial charge in [-0.05, 0) is 48.5 Å². The molecule has 0 bridgehead atoms. The second-order valence-corrected chi connectivity index (χ2v) is 5.43. The maximum Gasteiger partial charge on any atom is 0.257 e. The number of anilines is 3. The molecule has 0 aromatic heterocycles. The highest BCUT2D eigenvalue weighted by atomic mass is 35.5. The fraction of sp³-hybridized carbons (Fsp3) is 0. The van der Waals surface area contributed by atoms with E-state index in [0.29, 0.717) is 16.3 Å². The number of hydrogen-bond donors (Lipinski definition) is 2. The molecule has 0 heterocycles. The largest absolute Gasteiger partial charge is 0.355 e. The van der Waals surface area contributed by atoms with Crippen molar-refractivity contribution < 1.29 is 4.79 Å². The Hall–Kier alpha value is -2.78. The van der Waals surface area contributed by atoms with Gasteiger partial charge in [0.05, 0.1) is 11.3 Å². The Balaban J connectivity index is 1.82. The summed E-state index contributed by atoms with van der Waals surface area (Å²) >= 11 is 5.86.